The minimum Gasteiger partial charge on any atom is -0.491 e. The maximum absolute atomic E-state index is 12.5. The third kappa shape index (κ3) is 7.48. The lowest BCUT2D eigenvalue weighted by atomic mass is 10.1. The molecule has 0 aliphatic carbocycles. The molecule has 30 heavy (non-hydrogen) atoms. The molecule has 0 aliphatic heterocycles. The summed E-state index contributed by atoms with van der Waals surface area (Å²) in [6, 6.07) is 13.9. The molecule has 7 heteroatoms. The molecule has 0 saturated heterocycles. The number of anilines is 1. The first-order valence-corrected chi connectivity index (χ1v) is 10.3. The smallest absolute Gasteiger partial charge is 0.257 e. The zero-order chi connectivity index (χ0) is 22.3. The van der Waals surface area contributed by atoms with Gasteiger partial charge in [0.05, 0.1) is 6.10 Å². The molecule has 2 aromatic rings. The highest BCUT2D eigenvalue weighted by Gasteiger charge is 2.16. The van der Waals surface area contributed by atoms with E-state index in [9.17, 15) is 9.59 Å². The van der Waals surface area contributed by atoms with Crippen LogP contribution in [0.3, 0.4) is 0 Å². The largest absolute Gasteiger partial charge is 0.491 e. The van der Waals surface area contributed by atoms with Crippen molar-refractivity contribution in [3.05, 3.63) is 59.7 Å². The number of hydrogen-bond donors (Lipinski definition) is 3. The molecule has 2 amide bonds. The summed E-state index contributed by atoms with van der Waals surface area (Å²) in [6.45, 7) is 9.76. The van der Waals surface area contributed by atoms with Crippen LogP contribution in [0.15, 0.2) is 48.5 Å². The summed E-state index contributed by atoms with van der Waals surface area (Å²) in [6.07, 6.45) is 0.936. The van der Waals surface area contributed by atoms with Crippen molar-refractivity contribution in [2.24, 2.45) is 0 Å². The number of nitrogens with one attached hydrogen (secondary N) is 3. The van der Waals surface area contributed by atoms with Crippen LogP contribution in [0.4, 0.5) is 5.69 Å². The fourth-order valence-electron chi connectivity index (χ4n) is 2.51. The van der Waals surface area contributed by atoms with Crippen LogP contribution in [0.5, 0.6) is 5.75 Å². The Hall–Kier alpha value is -2.93. The molecule has 6 nitrogen and oxygen atoms in total. The zero-order valence-corrected chi connectivity index (χ0v) is 18.9. The number of carbonyl (C=O) groups excluding carboxylic acids is 2. The van der Waals surface area contributed by atoms with Gasteiger partial charge in [0.15, 0.2) is 5.11 Å². The van der Waals surface area contributed by atoms with Crippen molar-refractivity contribution >= 4 is 34.8 Å². The maximum Gasteiger partial charge on any atom is 0.257 e. The molecule has 2 aromatic carbocycles. The van der Waals surface area contributed by atoms with E-state index in [2.05, 4.69) is 16.0 Å². The SMILES string of the molecule is CCC(C)Oc1cccc(C(=O)NC(=S)Nc2cccc(C(=O)NC(C)(C)C)c2)c1. The van der Waals surface area contributed by atoms with Gasteiger partial charge in [-0.3, -0.25) is 14.9 Å². The van der Waals surface area contributed by atoms with Gasteiger partial charge in [-0.05, 0) is 82.7 Å². The normalized spacial score (nSPS) is 11.9. The minimum atomic E-state index is -0.344. The summed E-state index contributed by atoms with van der Waals surface area (Å²) in [5, 5.41) is 8.65. The van der Waals surface area contributed by atoms with E-state index in [-0.39, 0.29) is 28.6 Å². The topological polar surface area (TPSA) is 79.5 Å². The third-order valence-electron chi connectivity index (χ3n) is 4.11. The Morgan fingerprint density at radius 2 is 1.67 bits per heavy atom. The molecular formula is C23H29N3O3S. The first-order valence-electron chi connectivity index (χ1n) is 9.89. The summed E-state index contributed by atoms with van der Waals surface area (Å²) in [5.74, 6) is 0.108. The first-order chi connectivity index (χ1) is 14.1. The predicted octanol–water partition coefficient (Wildman–Crippen LogP) is 4.52. The van der Waals surface area contributed by atoms with Crippen molar-refractivity contribution < 1.29 is 14.3 Å². The van der Waals surface area contributed by atoms with Gasteiger partial charge in [0.25, 0.3) is 11.8 Å². The molecule has 1 atom stereocenters. The van der Waals surface area contributed by atoms with Crippen molar-refractivity contribution in [2.75, 3.05) is 5.32 Å². The highest BCUT2D eigenvalue weighted by molar-refractivity contribution is 7.80. The van der Waals surface area contributed by atoms with E-state index in [0.717, 1.165) is 6.42 Å². The Kier molecular flexibility index (Phi) is 7.94. The molecule has 2 rings (SSSR count). The summed E-state index contributed by atoms with van der Waals surface area (Å²) >= 11 is 5.26. The molecule has 0 aromatic heterocycles. The molecule has 160 valence electrons. The number of ether oxygens (including phenoxy) is 1. The monoisotopic (exact) mass is 427 g/mol. The van der Waals surface area contributed by atoms with Gasteiger partial charge in [-0.2, -0.15) is 0 Å². The second-order valence-electron chi connectivity index (χ2n) is 8.06. The van der Waals surface area contributed by atoms with E-state index < -0.39 is 0 Å². The Morgan fingerprint density at radius 1 is 1.03 bits per heavy atom. The van der Waals surface area contributed by atoms with Crippen molar-refractivity contribution in [2.45, 2.75) is 52.7 Å². The second kappa shape index (κ2) is 10.2. The first kappa shape index (κ1) is 23.3. The van der Waals surface area contributed by atoms with Gasteiger partial charge < -0.3 is 15.4 Å². The summed E-state index contributed by atoms with van der Waals surface area (Å²) in [7, 11) is 0. The van der Waals surface area contributed by atoms with Gasteiger partial charge in [0.1, 0.15) is 5.75 Å². The molecule has 0 bridgehead atoms. The number of rotatable bonds is 6. The van der Waals surface area contributed by atoms with Crippen molar-refractivity contribution in [3.8, 4) is 5.75 Å². The number of hydrogen-bond acceptors (Lipinski definition) is 4. The Bertz CT molecular complexity index is 922. The predicted molar refractivity (Wildman–Crippen MR) is 124 cm³/mol. The Morgan fingerprint density at radius 3 is 2.30 bits per heavy atom. The summed E-state index contributed by atoms with van der Waals surface area (Å²) < 4.78 is 5.76. The van der Waals surface area contributed by atoms with E-state index in [0.29, 0.717) is 22.6 Å². The van der Waals surface area contributed by atoms with Gasteiger partial charge in [-0.15, -0.1) is 0 Å². The minimum absolute atomic E-state index is 0.0637. The van der Waals surface area contributed by atoms with Crippen LogP contribution in [-0.2, 0) is 0 Å². The van der Waals surface area contributed by atoms with E-state index in [1.54, 1.807) is 42.5 Å². The van der Waals surface area contributed by atoms with Crippen LogP contribution in [0.1, 0.15) is 61.8 Å². The lowest BCUT2D eigenvalue weighted by molar-refractivity contribution is 0.0918. The summed E-state index contributed by atoms with van der Waals surface area (Å²) in [5.41, 5.74) is 1.21. The molecule has 0 spiro atoms. The molecule has 0 radical (unpaired) electrons. The van der Waals surface area contributed by atoms with Crippen LogP contribution < -0.4 is 20.7 Å². The van der Waals surface area contributed by atoms with Crippen molar-refractivity contribution in [1.82, 2.24) is 10.6 Å². The molecular weight excluding hydrogens is 398 g/mol. The fraction of sp³-hybridized carbons (Fsp3) is 0.348. The van der Waals surface area contributed by atoms with Crippen LogP contribution in [0.25, 0.3) is 0 Å². The van der Waals surface area contributed by atoms with Gasteiger partial charge in [0.2, 0.25) is 0 Å². The number of carbonyl (C=O) groups is 2. The van der Waals surface area contributed by atoms with Crippen LogP contribution in [-0.4, -0.2) is 28.6 Å². The van der Waals surface area contributed by atoms with Crippen LogP contribution in [0.2, 0.25) is 0 Å². The second-order valence-corrected chi connectivity index (χ2v) is 8.47. The van der Waals surface area contributed by atoms with Crippen LogP contribution in [0, 0.1) is 0 Å². The molecule has 0 fully saturated rings. The fourth-order valence-corrected chi connectivity index (χ4v) is 2.73. The molecule has 0 saturated carbocycles. The highest BCUT2D eigenvalue weighted by Crippen LogP contribution is 2.16. The van der Waals surface area contributed by atoms with Gasteiger partial charge in [-0.25, -0.2) is 0 Å². The van der Waals surface area contributed by atoms with Crippen LogP contribution >= 0.6 is 12.2 Å². The van der Waals surface area contributed by atoms with Gasteiger partial charge in [0, 0.05) is 22.4 Å². The lowest BCUT2D eigenvalue weighted by Gasteiger charge is -2.20. The van der Waals surface area contributed by atoms with Crippen molar-refractivity contribution in [3.63, 3.8) is 0 Å². The number of amides is 2. The molecule has 0 aliphatic rings. The Balaban J connectivity index is 2.01. The molecule has 1 unspecified atom stereocenters. The van der Waals surface area contributed by atoms with E-state index in [1.165, 1.54) is 0 Å². The van der Waals surface area contributed by atoms with Crippen molar-refractivity contribution in [1.29, 1.82) is 0 Å². The average molecular weight is 428 g/mol. The molecule has 3 N–H and O–H groups in total. The number of benzene rings is 2. The summed E-state index contributed by atoms with van der Waals surface area (Å²) in [4.78, 5) is 24.9. The standard InChI is InChI=1S/C23H29N3O3S/c1-6-15(2)29-19-12-8-10-17(14-19)20(27)25-22(30)24-18-11-7-9-16(13-18)21(28)26-23(3,4)5/h7-15H,6H2,1-5H3,(H,26,28)(H2,24,25,27,30). The zero-order valence-electron chi connectivity index (χ0n) is 18.0. The number of thiocarbonyl (C=S) groups is 1. The Labute approximate surface area is 183 Å². The average Bonchev–Trinajstić information content (AvgIpc) is 2.66. The van der Waals surface area contributed by atoms with Gasteiger partial charge >= 0.3 is 0 Å². The molecule has 0 heterocycles. The third-order valence-corrected chi connectivity index (χ3v) is 4.31. The highest BCUT2D eigenvalue weighted by atomic mass is 32.1. The quantitative estimate of drug-likeness (QED) is 0.591. The maximum atomic E-state index is 12.5. The lowest BCUT2D eigenvalue weighted by Crippen LogP contribution is -2.40. The van der Waals surface area contributed by atoms with Gasteiger partial charge in [-0.1, -0.05) is 19.1 Å². The van der Waals surface area contributed by atoms with E-state index in [1.807, 2.05) is 40.7 Å². The van der Waals surface area contributed by atoms with E-state index >= 15 is 0 Å². The van der Waals surface area contributed by atoms with E-state index in [4.69, 9.17) is 17.0 Å².